The zero-order chi connectivity index (χ0) is 10.7. The van der Waals surface area contributed by atoms with Crippen molar-refractivity contribution in [3.05, 3.63) is 29.6 Å². The standard InChI is InChI=1S/C7H6F3N3S/c8-3-1-4(9)6(10)5(2-3)12-7(14)13-11/h1-2H,11H2,(H2,12,13,14). The Hall–Kier alpha value is -1.34. The first-order valence-electron chi connectivity index (χ1n) is 3.46. The third-order valence-corrected chi connectivity index (χ3v) is 1.59. The van der Waals surface area contributed by atoms with Gasteiger partial charge in [0, 0.05) is 12.1 Å². The third kappa shape index (κ3) is 2.33. The molecule has 0 aliphatic rings. The largest absolute Gasteiger partial charge is 0.329 e. The van der Waals surface area contributed by atoms with Gasteiger partial charge in [0.05, 0.1) is 5.69 Å². The zero-order valence-corrected chi connectivity index (χ0v) is 7.59. The van der Waals surface area contributed by atoms with Gasteiger partial charge in [-0.15, -0.1) is 0 Å². The molecule has 0 heterocycles. The highest BCUT2D eigenvalue weighted by Gasteiger charge is 2.11. The summed E-state index contributed by atoms with van der Waals surface area (Å²) in [6.45, 7) is 0. The van der Waals surface area contributed by atoms with Crippen molar-refractivity contribution < 1.29 is 13.2 Å². The van der Waals surface area contributed by atoms with Crippen LogP contribution >= 0.6 is 12.2 Å². The summed E-state index contributed by atoms with van der Waals surface area (Å²) < 4.78 is 38.2. The molecule has 7 heteroatoms. The van der Waals surface area contributed by atoms with Crippen molar-refractivity contribution in [2.24, 2.45) is 5.84 Å². The molecule has 76 valence electrons. The Bertz CT molecular complexity index is 369. The maximum atomic E-state index is 12.9. The first-order valence-corrected chi connectivity index (χ1v) is 3.87. The molecule has 0 amide bonds. The summed E-state index contributed by atoms with van der Waals surface area (Å²) in [6, 6.07) is 1.20. The van der Waals surface area contributed by atoms with Gasteiger partial charge in [0.15, 0.2) is 16.7 Å². The lowest BCUT2D eigenvalue weighted by Gasteiger charge is -2.08. The first-order chi connectivity index (χ1) is 6.54. The monoisotopic (exact) mass is 221 g/mol. The summed E-state index contributed by atoms with van der Waals surface area (Å²) in [5, 5.41) is 2.04. The molecule has 0 aliphatic carbocycles. The average molecular weight is 221 g/mol. The topological polar surface area (TPSA) is 50.1 Å². The van der Waals surface area contributed by atoms with Gasteiger partial charge in [0.1, 0.15) is 5.82 Å². The molecule has 0 aliphatic heterocycles. The molecule has 1 aromatic rings. The summed E-state index contributed by atoms with van der Waals surface area (Å²) in [7, 11) is 0. The zero-order valence-electron chi connectivity index (χ0n) is 6.77. The number of thiocarbonyl (C=S) groups is 1. The maximum absolute atomic E-state index is 12.9. The molecule has 0 saturated heterocycles. The van der Waals surface area contributed by atoms with E-state index in [1.54, 1.807) is 0 Å². The second-order valence-electron chi connectivity index (χ2n) is 2.35. The summed E-state index contributed by atoms with van der Waals surface area (Å²) in [5.74, 6) is 1.45. The van der Waals surface area contributed by atoms with Crippen LogP contribution < -0.4 is 16.6 Å². The van der Waals surface area contributed by atoms with Gasteiger partial charge in [-0.05, 0) is 12.2 Å². The molecule has 1 rings (SSSR count). The Labute approximate surface area is 83.1 Å². The van der Waals surface area contributed by atoms with Crippen LogP contribution in [0.2, 0.25) is 0 Å². The number of rotatable bonds is 1. The predicted molar refractivity (Wildman–Crippen MR) is 49.9 cm³/mol. The van der Waals surface area contributed by atoms with E-state index < -0.39 is 23.1 Å². The second kappa shape index (κ2) is 4.25. The van der Waals surface area contributed by atoms with Crippen molar-refractivity contribution in [3.63, 3.8) is 0 Å². The Morgan fingerprint density at radius 2 is 1.93 bits per heavy atom. The molecular weight excluding hydrogens is 215 g/mol. The molecule has 0 saturated carbocycles. The fraction of sp³-hybridized carbons (Fsp3) is 0. The van der Waals surface area contributed by atoms with E-state index in [4.69, 9.17) is 5.84 Å². The lowest BCUT2D eigenvalue weighted by atomic mass is 10.3. The number of hydrazine groups is 1. The number of hydrogen-bond acceptors (Lipinski definition) is 2. The molecule has 0 unspecified atom stereocenters. The molecule has 0 bridgehead atoms. The van der Waals surface area contributed by atoms with E-state index in [9.17, 15) is 13.2 Å². The van der Waals surface area contributed by atoms with Crippen LogP contribution in [0.1, 0.15) is 0 Å². The number of anilines is 1. The van der Waals surface area contributed by atoms with Crippen LogP contribution in [-0.4, -0.2) is 5.11 Å². The highest BCUT2D eigenvalue weighted by atomic mass is 32.1. The minimum atomic E-state index is -1.30. The molecular formula is C7H6F3N3S. The van der Waals surface area contributed by atoms with Gasteiger partial charge in [-0.1, -0.05) is 0 Å². The molecule has 0 fully saturated rings. The van der Waals surface area contributed by atoms with Gasteiger partial charge in [-0.3, -0.25) is 0 Å². The molecule has 0 aromatic heterocycles. The molecule has 4 N–H and O–H groups in total. The maximum Gasteiger partial charge on any atom is 0.185 e. The van der Waals surface area contributed by atoms with E-state index in [2.05, 4.69) is 17.5 Å². The first kappa shape index (κ1) is 10.7. The van der Waals surface area contributed by atoms with Gasteiger partial charge in [0.25, 0.3) is 0 Å². The van der Waals surface area contributed by atoms with Crippen LogP contribution in [0, 0.1) is 17.5 Å². The van der Waals surface area contributed by atoms with E-state index in [-0.39, 0.29) is 5.11 Å². The fourth-order valence-electron chi connectivity index (χ4n) is 0.805. The normalized spacial score (nSPS) is 9.71. The predicted octanol–water partition coefficient (Wildman–Crippen LogP) is 1.26. The summed E-state index contributed by atoms with van der Waals surface area (Å²) in [6.07, 6.45) is 0. The van der Waals surface area contributed by atoms with E-state index in [0.717, 1.165) is 6.07 Å². The highest BCUT2D eigenvalue weighted by Crippen LogP contribution is 2.18. The van der Waals surface area contributed by atoms with Gasteiger partial charge >= 0.3 is 0 Å². The molecule has 3 nitrogen and oxygen atoms in total. The van der Waals surface area contributed by atoms with Crippen LogP contribution in [0.3, 0.4) is 0 Å². The van der Waals surface area contributed by atoms with E-state index in [1.807, 2.05) is 5.43 Å². The van der Waals surface area contributed by atoms with Gasteiger partial charge in [-0.2, -0.15) is 0 Å². The van der Waals surface area contributed by atoms with Crippen molar-refractivity contribution >= 4 is 23.0 Å². The van der Waals surface area contributed by atoms with E-state index >= 15 is 0 Å². The molecule has 14 heavy (non-hydrogen) atoms. The van der Waals surface area contributed by atoms with Crippen LogP contribution in [0.15, 0.2) is 12.1 Å². The van der Waals surface area contributed by atoms with Crippen LogP contribution in [0.4, 0.5) is 18.9 Å². The number of nitrogens with one attached hydrogen (secondary N) is 2. The lowest BCUT2D eigenvalue weighted by Crippen LogP contribution is -2.34. The lowest BCUT2D eigenvalue weighted by molar-refractivity contribution is 0.498. The van der Waals surface area contributed by atoms with Crippen molar-refractivity contribution in [1.82, 2.24) is 5.43 Å². The Kier molecular flexibility index (Phi) is 3.26. The third-order valence-electron chi connectivity index (χ3n) is 1.37. The number of halogens is 3. The fourth-order valence-corrected chi connectivity index (χ4v) is 0.915. The van der Waals surface area contributed by atoms with Crippen LogP contribution in [-0.2, 0) is 0 Å². The molecule has 1 aromatic carbocycles. The smallest absolute Gasteiger partial charge is 0.185 e. The molecule has 0 spiro atoms. The SMILES string of the molecule is NNC(=S)Nc1cc(F)cc(F)c1F. The Morgan fingerprint density at radius 1 is 1.29 bits per heavy atom. The Morgan fingerprint density at radius 3 is 2.50 bits per heavy atom. The summed E-state index contributed by atoms with van der Waals surface area (Å²) in [4.78, 5) is 0. The molecule has 0 atom stereocenters. The number of benzene rings is 1. The second-order valence-corrected chi connectivity index (χ2v) is 2.76. The van der Waals surface area contributed by atoms with Gasteiger partial charge in [-0.25, -0.2) is 19.0 Å². The van der Waals surface area contributed by atoms with Crippen LogP contribution in [0.25, 0.3) is 0 Å². The summed E-state index contributed by atoms with van der Waals surface area (Å²) >= 11 is 4.52. The van der Waals surface area contributed by atoms with Gasteiger partial charge in [0.2, 0.25) is 0 Å². The highest BCUT2D eigenvalue weighted by molar-refractivity contribution is 7.80. The van der Waals surface area contributed by atoms with E-state index in [0.29, 0.717) is 6.07 Å². The van der Waals surface area contributed by atoms with Crippen molar-refractivity contribution in [3.8, 4) is 0 Å². The summed E-state index contributed by atoms with van der Waals surface area (Å²) in [5.41, 5.74) is 1.58. The van der Waals surface area contributed by atoms with Crippen molar-refractivity contribution in [2.75, 3.05) is 5.32 Å². The minimum absolute atomic E-state index is 0.145. The Balaban J connectivity index is 3.02. The van der Waals surface area contributed by atoms with Crippen molar-refractivity contribution in [1.29, 1.82) is 0 Å². The number of nitrogens with two attached hydrogens (primary N) is 1. The van der Waals surface area contributed by atoms with Crippen molar-refractivity contribution in [2.45, 2.75) is 0 Å². The van der Waals surface area contributed by atoms with Crippen LogP contribution in [0.5, 0.6) is 0 Å². The minimum Gasteiger partial charge on any atom is -0.329 e. The van der Waals surface area contributed by atoms with E-state index in [1.165, 1.54) is 0 Å². The molecule has 0 radical (unpaired) electrons. The quantitative estimate of drug-likeness (QED) is 0.289. The van der Waals surface area contributed by atoms with Gasteiger partial charge < -0.3 is 10.7 Å². The number of hydrogen-bond donors (Lipinski definition) is 3. The average Bonchev–Trinajstić information content (AvgIpc) is 2.13.